The van der Waals surface area contributed by atoms with Gasteiger partial charge in [0.25, 0.3) is 0 Å². The van der Waals surface area contributed by atoms with Crippen molar-refractivity contribution in [2.75, 3.05) is 6.61 Å². The SMILES string of the molecule is CC1CC2C3CCC4=CC(=O)C=C[C@]4(C)[C@@]3(F)C(O)C[C@]2(C)[C@@]1(O)C(=O)COC(=O)CC(C)(C)C. The van der Waals surface area contributed by atoms with Crippen LogP contribution in [0.3, 0.4) is 0 Å². The van der Waals surface area contributed by atoms with E-state index >= 15 is 4.39 Å². The minimum absolute atomic E-state index is 0.0994. The van der Waals surface area contributed by atoms with E-state index in [0.29, 0.717) is 24.8 Å². The summed E-state index contributed by atoms with van der Waals surface area (Å²) >= 11 is 0. The van der Waals surface area contributed by atoms with Crippen LogP contribution in [-0.2, 0) is 19.1 Å². The fourth-order valence-corrected chi connectivity index (χ4v) is 7.88. The molecule has 6 nitrogen and oxygen atoms in total. The molecule has 35 heavy (non-hydrogen) atoms. The highest BCUT2D eigenvalue weighted by molar-refractivity contribution is 6.01. The number of ether oxygens (including phenoxy) is 1. The molecular weight excluding hydrogens is 451 g/mol. The van der Waals surface area contributed by atoms with Gasteiger partial charge in [0, 0.05) is 16.7 Å². The van der Waals surface area contributed by atoms with E-state index in [1.807, 2.05) is 20.8 Å². The summed E-state index contributed by atoms with van der Waals surface area (Å²) in [6, 6.07) is 0. The molecule has 0 aromatic heterocycles. The maximum Gasteiger partial charge on any atom is 0.306 e. The summed E-state index contributed by atoms with van der Waals surface area (Å²) in [6.45, 7) is 10.4. The van der Waals surface area contributed by atoms with Crippen LogP contribution in [-0.4, -0.2) is 51.7 Å². The fraction of sp³-hybridized carbons (Fsp3) is 0.750. The van der Waals surface area contributed by atoms with Crippen LogP contribution in [0.25, 0.3) is 0 Å². The zero-order valence-electron chi connectivity index (χ0n) is 21.7. The van der Waals surface area contributed by atoms with E-state index in [4.69, 9.17) is 4.74 Å². The van der Waals surface area contributed by atoms with E-state index in [0.717, 1.165) is 0 Å². The highest BCUT2D eigenvalue weighted by Gasteiger charge is 2.75. The molecule has 0 heterocycles. The molecule has 0 aromatic carbocycles. The van der Waals surface area contributed by atoms with Crippen molar-refractivity contribution in [2.24, 2.45) is 34.0 Å². The Morgan fingerprint density at radius 1 is 1.23 bits per heavy atom. The van der Waals surface area contributed by atoms with Gasteiger partial charge in [-0.2, -0.15) is 0 Å². The van der Waals surface area contributed by atoms with Crippen LogP contribution < -0.4 is 0 Å². The van der Waals surface area contributed by atoms with E-state index in [-0.39, 0.29) is 30.0 Å². The van der Waals surface area contributed by atoms with Crippen LogP contribution in [0.15, 0.2) is 23.8 Å². The molecule has 4 aliphatic carbocycles. The second-order valence-corrected chi connectivity index (χ2v) is 13.0. The average molecular weight is 491 g/mol. The lowest BCUT2D eigenvalue weighted by atomic mass is 9.44. The summed E-state index contributed by atoms with van der Waals surface area (Å²) in [7, 11) is 0. The zero-order valence-corrected chi connectivity index (χ0v) is 21.7. The topological polar surface area (TPSA) is 101 Å². The fourth-order valence-electron chi connectivity index (χ4n) is 7.88. The predicted molar refractivity (Wildman–Crippen MR) is 128 cm³/mol. The van der Waals surface area contributed by atoms with Crippen molar-refractivity contribution < 1.29 is 33.7 Å². The quantitative estimate of drug-likeness (QED) is 0.580. The largest absolute Gasteiger partial charge is 0.458 e. The molecule has 2 N–H and O–H groups in total. The Labute approximate surface area is 207 Å². The molecule has 4 aliphatic rings. The first-order valence-corrected chi connectivity index (χ1v) is 12.7. The number of carbonyl (C=O) groups is 3. The Morgan fingerprint density at radius 3 is 2.51 bits per heavy atom. The van der Waals surface area contributed by atoms with Crippen molar-refractivity contribution in [1.82, 2.24) is 0 Å². The second kappa shape index (κ2) is 8.07. The standard InChI is InChI=1S/C28H39FO6/c1-16-11-20-19-8-7-17-12-18(30)9-10-25(17,5)27(19,29)21(31)13-26(20,6)28(16,34)22(32)15-35-23(33)14-24(2,3)4/h9-10,12,16,19-21,31,34H,7-8,11,13-15H2,1-6H3/t16?,19?,20?,21?,25-,26-,27-,28-/m0/s1. The molecule has 0 radical (unpaired) electrons. The number of aliphatic hydroxyl groups is 2. The first-order valence-electron chi connectivity index (χ1n) is 12.7. The van der Waals surface area contributed by atoms with Gasteiger partial charge in [0.15, 0.2) is 18.1 Å². The molecule has 0 aromatic rings. The van der Waals surface area contributed by atoms with Gasteiger partial charge in [0.2, 0.25) is 5.78 Å². The summed E-state index contributed by atoms with van der Waals surface area (Å²) in [5.41, 5.74) is -5.68. The molecule has 3 fully saturated rings. The summed E-state index contributed by atoms with van der Waals surface area (Å²) in [4.78, 5) is 37.6. The van der Waals surface area contributed by atoms with Gasteiger partial charge in [0.1, 0.15) is 5.60 Å². The predicted octanol–water partition coefficient (Wildman–Crippen LogP) is 3.88. The Bertz CT molecular complexity index is 1010. The molecule has 0 bridgehead atoms. The summed E-state index contributed by atoms with van der Waals surface area (Å²) in [5.74, 6) is -2.72. The monoisotopic (exact) mass is 490 g/mol. The number of ketones is 2. The number of carbonyl (C=O) groups excluding carboxylic acids is 3. The molecule has 0 spiro atoms. The second-order valence-electron chi connectivity index (χ2n) is 13.0. The summed E-state index contributed by atoms with van der Waals surface area (Å²) < 4.78 is 22.4. The molecule has 8 atom stereocenters. The maximum absolute atomic E-state index is 17.2. The number of fused-ring (bicyclic) bond motifs is 5. The first kappa shape index (κ1) is 26.2. The number of Topliss-reactive ketones (excluding diaryl/α,β-unsaturated/α-hetero) is 1. The third kappa shape index (κ3) is 3.59. The third-order valence-corrected chi connectivity index (χ3v) is 9.69. The lowest BCUT2D eigenvalue weighted by Crippen LogP contribution is -2.69. The zero-order chi connectivity index (χ0) is 26.2. The lowest BCUT2D eigenvalue weighted by Gasteiger charge is -2.62. The van der Waals surface area contributed by atoms with Gasteiger partial charge >= 0.3 is 5.97 Å². The van der Waals surface area contributed by atoms with Crippen LogP contribution in [0.2, 0.25) is 0 Å². The Kier molecular flexibility index (Phi) is 6.04. The Balaban J connectivity index is 1.64. The minimum atomic E-state index is -2.02. The van der Waals surface area contributed by atoms with Crippen LogP contribution in [0, 0.1) is 34.0 Å². The number of alkyl halides is 1. The molecule has 4 rings (SSSR count). The van der Waals surface area contributed by atoms with Gasteiger partial charge in [-0.1, -0.05) is 46.3 Å². The van der Waals surface area contributed by atoms with E-state index in [1.165, 1.54) is 12.2 Å². The van der Waals surface area contributed by atoms with E-state index in [1.54, 1.807) is 26.8 Å². The number of rotatable bonds is 4. The van der Waals surface area contributed by atoms with Gasteiger partial charge in [0.05, 0.1) is 12.5 Å². The van der Waals surface area contributed by atoms with E-state index in [9.17, 15) is 24.6 Å². The summed E-state index contributed by atoms with van der Waals surface area (Å²) in [5, 5.41) is 23.3. The van der Waals surface area contributed by atoms with Crippen molar-refractivity contribution >= 4 is 17.5 Å². The van der Waals surface area contributed by atoms with Crippen LogP contribution >= 0.6 is 0 Å². The van der Waals surface area contributed by atoms with Crippen LogP contribution in [0.4, 0.5) is 4.39 Å². The van der Waals surface area contributed by atoms with Gasteiger partial charge in [-0.05, 0) is 62.0 Å². The number of esters is 1. The van der Waals surface area contributed by atoms with Crippen molar-refractivity contribution in [3.63, 3.8) is 0 Å². The average Bonchev–Trinajstić information content (AvgIpc) is 2.94. The number of aliphatic hydroxyl groups excluding tert-OH is 1. The highest BCUT2D eigenvalue weighted by Crippen LogP contribution is 2.70. The Morgan fingerprint density at radius 2 is 1.89 bits per heavy atom. The smallest absolute Gasteiger partial charge is 0.306 e. The molecule has 7 heteroatoms. The molecule has 0 aliphatic heterocycles. The van der Waals surface area contributed by atoms with Gasteiger partial charge in [-0.3, -0.25) is 14.4 Å². The van der Waals surface area contributed by atoms with Crippen LogP contribution in [0.1, 0.15) is 73.6 Å². The van der Waals surface area contributed by atoms with Gasteiger partial charge < -0.3 is 14.9 Å². The minimum Gasteiger partial charge on any atom is -0.458 e. The molecular formula is C28H39FO6. The Hall–Kier alpha value is -1.86. The number of hydrogen-bond acceptors (Lipinski definition) is 6. The number of halogens is 1. The van der Waals surface area contributed by atoms with Gasteiger partial charge in [-0.25, -0.2) is 4.39 Å². The van der Waals surface area contributed by atoms with Gasteiger partial charge in [-0.15, -0.1) is 0 Å². The van der Waals surface area contributed by atoms with Crippen molar-refractivity contribution in [2.45, 2.75) is 91.0 Å². The third-order valence-electron chi connectivity index (χ3n) is 9.69. The van der Waals surface area contributed by atoms with Crippen LogP contribution in [0.5, 0.6) is 0 Å². The molecule has 0 saturated heterocycles. The van der Waals surface area contributed by atoms with E-state index in [2.05, 4.69) is 0 Å². The molecule has 194 valence electrons. The lowest BCUT2D eigenvalue weighted by molar-refractivity contribution is -0.220. The number of hydrogen-bond donors (Lipinski definition) is 2. The number of allylic oxidation sites excluding steroid dienone is 4. The molecule has 3 saturated carbocycles. The van der Waals surface area contributed by atoms with Crippen molar-refractivity contribution in [3.05, 3.63) is 23.8 Å². The molecule has 0 amide bonds. The highest BCUT2D eigenvalue weighted by atomic mass is 19.1. The van der Waals surface area contributed by atoms with Crippen molar-refractivity contribution in [1.29, 1.82) is 0 Å². The molecule has 4 unspecified atom stereocenters. The normalized spacial score (nSPS) is 44.7. The van der Waals surface area contributed by atoms with E-state index < -0.39 is 58.4 Å². The maximum atomic E-state index is 17.2. The van der Waals surface area contributed by atoms with Crippen molar-refractivity contribution in [3.8, 4) is 0 Å². The summed E-state index contributed by atoms with van der Waals surface area (Å²) in [6.07, 6.45) is 4.43. The first-order chi connectivity index (χ1) is 16.0.